The zero-order chi connectivity index (χ0) is 21.0. The number of fused-ring (bicyclic) bond motifs is 2. The summed E-state index contributed by atoms with van der Waals surface area (Å²) in [5.74, 6) is -0.335. The largest absolute Gasteiger partial charge is 0.461 e. The number of carbonyl (C=O) groups excluding carboxylic acids is 1. The summed E-state index contributed by atoms with van der Waals surface area (Å²) in [4.78, 5) is 10.2. The summed E-state index contributed by atoms with van der Waals surface area (Å²) in [5, 5.41) is 2.29. The van der Waals surface area contributed by atoms with Crippen LogP contribution in [0.2, 0.25) is 0 Å². The van der Waals surface area contributed by atoms with Gasteiger partial charge >= 0.3 is 10.2 Å². The Bertz CT molecular complexity index is 1120. The lowest BCUT2D eigenvalue weighted by molar-refractivity contribution is 0.0965. The number of allylic oxidation sites excluding steroid dienone is 1. The highest BCUT2D eigenvalue weighted by Crippen LogP contribution is 3.02. The van der Waals surface area contributed by atoms with Crippen molar-refractivity contribution in [3.63, 3.8) is 0 Å². The zero-order valence-corrected chi connectivity index (χ0v) is 15.6. The Morgan fingerprint density at radius 2 is 1.79 bits per heavy atom. The molecule has 3 rings (SSSR count). The molecular weight excluding hydrogens is 431 g/mol. The maximum atomic E-state index is 13.1. The molecule has 2 heterocycles. The minimum atomic E-state index is -10.1. The van der Waals surface area contributed by atoms with E-state index in [1.807, 2.05) is 4.72 Å². The van der Waals surface area contributed by atoms with Crippen molar-refractivity contribution in [2.45, 2.75) is 11.3 Å². The van der Waals surface area contributed by atoms with Gasteiger partial charge in [-0.25, -0.2) is 8.42 Å². The Hall–Kier alpha value is -2.54. The predicted octanol–water partition coefficient (Wildman–Crippen LogP) is 4.64. The van der Waals surface area contributed by atoms with Gasteiger partial charge in [0.1, 0.15) is 16.4 Å². The average Bonchev–Trinajstić information content (AvgIpc) is 2.82. The van der Waals surface area contributed by atoms with Gasteiger partial charge in [-0.05, 0) is 30.3 Å². The maximum Gasteiger partial charge on any atom is 0.310 e. The minimum absolute atomic E-state index is 0.0232. The summed E-state index contributed by atoms with van der Waals surface area (Å²) < 4.78 is 95.5. The van der Waals surface area contributed by atoms with Crippen molar-refractivity contribution in [3.05, 3.63) is 53.1 Å². The van der Waals surface area contributed by atoms with Crippen LogP contribution in [0, 0.1) is 0 Å². The van der Waals surface area contributed by atoms with Gasteiger partial charge in [-0.3, -0.25) is 9.52 Å². The van der Waals surface area contributed by atoms with E-state index in [1.165, 1.54) is 6.08 Å². The monoisotopic (exact) mass is 444 g/mol. The SMILES string of the molecule is CS(=O)(=O)Nc1ccc(S(F)(F)(F)(F)F)cc1C(=O)NC1=Cc2ccc(o2)C1. The van der Waals surface area contributed by atoms with Crippen LogP contribution in [-0.2, 0) is 16.4 Å². The van der Waals surface area contributed by atoms with E-state index in [0.29, 0.717) is 23.8 Å². The standard InChI is InChI=1S/C15H13F5N2O4S2/c1-27(24,25)22-14-5-4-12(28(16,17,18,19)20)8-13(14)15(23)21-9-6-10-2-3-11(7-9)26-10/h2-6,8,22H,7H2,1H3,(H,21,23). The number of benzene rings is 1. The van der Waals surface area contributed by atoms with Gasteiger partial charge < -0.3 is 9.73 Å². The van der Waals surface area contributed by atoms with Gasteiger partial charge in [-0.1, -0.05) is 19.4 Å². The quantitative estimate of drug-likeness (QED) is 0.658. The number of hydrogen-bond acceptors (Lipinski definition) is 4. The third-order valence-corrected chi connectivity index (χ3v) is 5.35. The first kappa shape index (κ1) is 20.2. The van der Waals surface area contributed by atoms with Crippen LogP contribution in [0.1, 0.15) is 21.9 Å². The number of hydrogen-bond donors (Lipinski definition) is 2. The zero-order valence-electron chi connectivity index (χ0n) is 14.0. The second kappa shape index (κ2) is 5.50. The summed E-state index contributed by atoms with van der Waals surface area (Å²) in [5.41, 5.74) is -1.23. The van der Waals surface area contributed by atoms with E-state index >= 15 is 0 Å². The number of sulfonamides is 1. The Morgan fingerprint density at radius 1 is 1.11 bits per heavy atom. The van der Waals surface area contributed by atoms with Crippen LogP contribution >= 0.6 is 10.2 Å². The Kier molecular flexibility index (Phi) is 3.97. The molecule has 1 aliphatic rings. The fourth-order valence-corrected chi connectivity index (χ4v) is 3.75. The molecule has 0 saturated heterocycles. The van der Waals surface area contributed by atoms with E-state index in [0.717, 1.165) is 0 Å². The van der Waals surface area contributed by atoms with E-state index in [-0.39, 0.29) is 24.3 Å². The van der Waals surface area contributed by atoms with Gasteiger partial charge in [-0.15, -0.1) is 0 Å². The van der Waals surface area contributed by atoms with Crippen LogP contribution in [0.25, 0.3) is 6.08 Å². The number of halogens is 5. The molecule has 0 spiro atoms. The molecular formula is C15H13F5N2O4S2. The van der Waals surface area contributed by atoms with E-state index in [1.54, 1.807) is 12.1 Å². The number of anilines is 1. The topological polar surface area (TPSA) is 88.4 Å². The second-order valence-corrected chi connectivity index (χ2v) is 10.3. The number of carbonyl (C=O) groups is 1. The molecule has 1 amide bonds. The lowest BCUT2D eigenvalue weighted by Gasteiger charge is -2.40. The molecule has 0 atom stereocenters. The predicted molar refractivity (Wildman–Crippen MR) is 94.2 cm³/mol. The van der Waals surface area contributed by atoms with Gasteiger partial charge in [0.05, 0.1) is 17.5 Å². The van der Waals surface area contributed by atoms with Gasteiger partial charge in [0.25, 0.3) is 5.91 Å². The first-order valence-corrected chi connectivity index (χ1v) is 11.3. The third kappa shape index (κ3) is 4.65. The van der Waals surface area contributed by atoms with E-state index in [9.17, 15) is 32.6 Å². The summed E-state index contributed by atoms with van der Waals surface area (Å²) in [6.07, 6.45) is 2.22. The molecule has 6 nitrogen and oxygen atoms in total. The van der Waals surface area contributed by atoms with Crippen LogP contribution in [0.4, 0.5) is 25.1 Å². The molecule has 1 aromatic heterocycles. The van der Waals surface area contributed by atoms with Gasteiger partial charge in [0, 0.05) is 18.2 Å². The van der Waals surface area contributed by atoms with Crippen molar-refractivity contribution in [1.29, 1.82) is 0 Å². The summed E-state index contributed by atoms with van der Waals surface area (Å²) >= 11 is 0. The number of furan rings is 1. The highest BCUT2D eigenvalue weighted by molar-refractivity contribution is 8.45. The molecule has 0 aliphatic carbocycles. The maximum absolute atomic E-state index is 13.1. The highest BCUT2D eigenvalue weighted by atomic mass is 32.5. The molecule has 28 heavy (non-hydrogen) atoms. The minimum Gasteiger partial charge on any atom is -0.461 e. The molecule has 0 saturated carbocycles. The average molecular weight is 444 g/mol. The van der Waals surface area contributed by atoms with E-state index < -0.39 is 42.3 Å². The van der Waals surface area contributed by atoms with E-state index in [2.05, 4.69) is 5.32 Å². The molecule has 0 fully saturated rings. The van der Waals surface area contributed by atoms with Gasteiger partial charge in [0.2, 0.25) is 10.0 Å². The number of amides is 1. The molecule has 154 valence electrons. The fourth-order valence-electron chi connectivity index (χ4n) is 2.51. The lowest BCUT2D eigenvalue weighted by atomic mass is 10.1. The normalized spacial score (nSPS) is 16.6. The molecule has 2 bridgehead atoms. The summed E-state index contributed by atoms with van der Waals surface area (Å²) in [6, 6.07) is 3.64. The Morgan fingerprint density at radius 3 is 2.36 bits per heavy atom. The van der Waals surface area contributed by atoms with Crippen LogP contribution in [0.5, 0.6) is 0 Å². The first-order valence-electron chi connectivity index (χ1n) is 7.47. The third-order valence-electron chi connectivity index (χ3n) is 3.61. The fraction of sp³-hybridized carbons (Fsp3) is 0.133. The van der Waals surface area contributed by atoms with Crippen molar-refractivity contribution in [2.75, 3.05) is 11.0 Å². The van der Waals surface area contributed by atoms with Crippen molar-refractivity contribution >= 4 is 37.9 Å². The van der Waals surface area contributed by atoms with Crippen molar-refractivity contribution < 1.29 is 37.1 Å². The number of rotatable bonds is 5. The second-order valence-electron chi connectivity index (χ2n) is 6.16. The molecule has 1 aromatic carbocycles. The molecule has 13 heteroatoms. The van der Waals surface area contributed by atoms with Gasteiger partial charge in [0.15, 0.2) is 0 Å². The van der Waals surface area contributed by atoms with Crippen molar-refractivity contribution in [3.8, 4) is 0 Å². The Balaban J connectivity index is 2.02. The van der Waals surface area contributed by atoms with Crippen LogP contribution < -0.4 is 10.0 Å². The van der Waals surface area contributed by atoms with E-state index in [4.69, 9.17) is 4.42 Å². The highest BCUT2D eigenvalue weighted by Gasteiger charge is 2.65. The van der Waals surface area contributed by atoms with Crippen molar-refractivity contribution in [2.24, 2.45) is 0 Å². The Labute approximate surface area is 156 Å². The van der Waals surface area contributed by atoms with Crippen LogP contribution in [0.3, 0.4) is 0 Å². The smallest absolute Gasteiger partial charge is 0.310 e. The molecule has 0 unspecified atom stereocenters. The molecule has 1 aliphatic heterocycles. The lowest BCUT2D eigenvalue weighted by Crippen LogP contribution is -2.26. The molecule has 2 aromatic rings. The molecule has 0 radical (unpaired) electrons. The molecule has 2 N–H and O–H groups in total. The van der Waals surface area contributed by atoms with Crippen LogP contribution in [-0.4, -0.2) is 20.6 Å². The first-order chi connectivity index (χ1) is 12.5. The van der Waals surface area contributed by atoms with Crippen molar-refractivity contribution in [1.82, 2.24) is 5.32 Å². The summed E-state index contributed by atoms with van der Waals surface area (Å²) in [6.45, 7) is 0. The van der Waals surface area contributed by atoms with Crippen LogP contribution in [0.15, 0.2) is 45.3 Å². The summed E-state index contributed by atoms with van der Waals surface area (Å²) in [7, 11) is -14.1. The van der Waals surface area contributed by atoms with Gasteiger partial charge in [-0.2, -0.15) is 0 Å². The number of nitrogens with one attached hydrogen (secondary N) is 2.